The summed E-state index contributed by atoms with van der Waals surface area (Å²) in [5.74, 6) is -2.69. The fraction of sp³-hybridized carbons (Fsp3) is 1.00. The molecule has 0 aromatic heterocycles. The van der Waals surface area contributed by atoms with E-state index in [2.05, 4.69) is 0 Å². The average Bonchev–Trinajstić information content (AvgIpc) is 2.52. The first-order valence-electron chi connectivity index (χ1n) is 7.48. The molecule has 0 aliphatic rings. The second-order valence-electron chi connectivity index (χ2n) is 4.77. The van der Waals surface area contributed by atoms with Crippen LogP contribution in [0.4, 0.5) is 22.0 Å². The minimum atomic E-state index is -4.25. The topological polar surface area (TPSA) is 27.7 Å². The molecule has 0 aliphatic heterocycles. The van der Waals surface area contributed by atoms with E-state index in [1.807, 2.05) is 0 Å². The normalized spacial score (nSPS) is 16.8. The van der Waals surface area contributed by atoms with Crippen LogP contribution in [0.15, 0.2) is 0 Å². The minimum absolute atomic E-state index is 0.0123. The van der Waals surface area contributed by atoms with Crippen LogP contribution >= 0.6 is 0 Å². The average molecular weight is 352 g/mol. The van der Waals surface area contributed by atoms with E-state index in [1.165, 1.54) is 0 Å². The molecule has 3 nitrogen and oxygen atoms in total. The molecule has 0 aromatic rings. The molecule has 3 atom stereocenters. The van der Waals surface area contributed by atoms with Crippen molar-refractivity contribution in [3.05, 3.63) is 0 Å². The van der Waals surface area contributed by atoms with Crippen molar-refractivity contribution < 1.29 is 35.2 Å². The van der Waals surface area contributed by atoms with Gasteiger partial charge in [0.1, 0.15) is 0 Å². The smallest absolute Gasteiger partial charge is 0.372 e. The highest BCUT2D eigenvalue weighted by molar-refractivity contribution is 6.62. The van der Waals surface area contributed by atoms with Crippen molar-refractivity contribution in [2.75, 3.05) is 19.8 Å². The van der Waals surface area contributed by atoms with E-state index in [9.17, 15) is 22.0 Å². The Balaban J connectivity index is 5.26. The molecule has 0 fully saturated rings. The first-order chi connectivity index (χ1) is 10.4. The first-order valence-corrected chi connectivity index (χ1v) is 9.28. The van der Waals surface area contributed by atoms with Gasteiger partial charge in [-0.1, -0.05) is 20.8 Å². The monoisotopic (exact) mass is 352 g/mol. The van der Waals surface area contributed by atoms with E-state index >= 15 is 0 Å². The van der Waals surface area contributed by atoms with E-state index in [4.69, 9.17) is 13.3 Å². The SMILES string of the molecule is CCCO[Si](OCCC)(OCCC)C(F)C(F)C(F)C(F)F. The highest BCUT2D eigenvalue weighted by Gasteiger charge is 2.57. The summed E-state index contributed by atoms with van der Waals surface area (Å²) in [6, 6.07) is 0. The van der Waals surface area contributed by atoms with Gasteiger partial charge in [0, 0.05) is 19.8 Å². The van der Waals surface area contributed by atoms with Crippen LogP contribution in [0.1, 0.15) is 40.0 Å². The van der Waals surface area contributed by atoms with Crippen LogP contribution in [0, 0.1) is 0 Å². The molecule has 0 saturated heterocycles. The molecule has 0 aliphatic carbocycles. The number of rotatable bonds is 13. The number of hydrogen-bond acceptors (Lipinski definition) is 3. The largest absolute Gasteiger partial charge is 0.540 e. The quantitative estimate of drug-likeness (QED) is 0.370. The molecule has 0 aromatic carbocycles. The van der Waals surface area contributed by atoms with E-state index in [-0.39, 0.29) is 19.8 Å². The summed E-state index contributed by atoms with van der Waals surface area (Å²) >= 11 is 0. The molecule has 0 heterocycles. The standard InChI is InChI=1S/C13H25F5O3Si/c1-4-7-19-22(20-8-5-2,21-9-6-3)13(18)11(15)10(14)12(16)17/h10-13H,4-9H2,1-3H3. The van der Waals surface area contributed by atoms with Crippen molar-refractivity contribution in [1.29, 1.82) is 0 Å². The lowest BCUT2D eigenvalue weighted by Gasteiger charge is -2.33. The van der Waals surface area contributed by atoms with Crippen LogP contribution in [-0.4, -0.2) is 53.2 Å². The van der Waals surface area contributed by atoms with Gasteiger partial charge in [-0.25, -0.2) is 22.0 Å². The fourth-order valence-electron chi connectivity index (χ4n) is 1.59. The van der Waals surface area contributed by atoms with Crippen LogP contribution in [0.5, 0.6) is 0 Å². The van der Waals surface area contributed by atoms with E-state index < -0.39 is 33.4 Å². The molecule has 0 bridgehead atoms. The molecule has 0 amide bonds. The van der Waals surface area contributed by atoms with Gasteiger partial charge < -0.3 is 13.3 Å². The Kier molecular flexibility index (Phi) is 11.2. The van der Waals surface area contributed by atoms with E-state index in [0.717, 1.165) is 0 Å². The Hall–Kier alpha value is -0.253. The molecular weight excluding hydrogens is 327 g/mol. The summed E-state index contributed by atoms with van der Waals surface area (Å²) in [5, 5.41) is 0. The summed E-state index contributed by atoms with van der Waals surface area (Å²) in [6.07, 6.45) is -8.52. The van der Waals surface area contributed by atoms with Crippen LogP contribution in [0.2, 0.25) is 0 Å². The molecule has 0 rings (SSSR count). The molecule has 0 spiro atoms. The third kappa shape index (κ3) is 6.47. The van der Waals surface area contributed by atoms with Crippen molar-refractivity contribution in [3.63, 3.8) is 0 Å². The van der Waals surface area contributed by atoms with Gasteiger partial charge in [0.2, 0.25) is 5.79 Å². The zero-order chi connectivity index (χ0) is 17.2. The molecule has 134 valence electrons. The maximum absolute atomic E-state index is 14.4. The highest BCUT2D eigenvalue weighted by atomic mass is 28.4. The van der Waals surface area contributed by atoms with Crippen LogP contribution in [-0.2, 0) is 13.3 Å². The summed E-state index contributed by atoms with van der Waals surface area (Å²) in [6.45, 7) is 5.23. The van der Waals surface area contributed by atoms with Gasteiger partial charge in [-0.2, -0.15) is 0 Å². The third-order valence-electron chi connectivity index (χ3n) is 2.68. The fourth-order valence-corrected chi connectivity index (χ4v) is 4.36. The Morgan fingerprint density at radius 3 is 1.32 bits per heavy atom. The number of hydrogen-bond donors (Lipinski definition) is 0. The number of halogens is 5. The number of alkyl halides is 5. The second kappa shape index (κ2) is 11.3. The van der Waals surface area contributed by atoms with Crippen molar-refractivity contribution in [2.45, 2.75) is 64.6 Å². The van der Waals surface area contributed by atoms with Crippen molar-refractivity contribution in [3.8, 4) is 0 Å². The van der Waals surface area contributed by atoms with Gasteiger partial charge in [0.25, 0.3) is 6.43 Å². The zero-order valence-corrected chi connectivity index (χ0v) is 14.2. The summed E-state index contributed by atoms with van der Waals surface area (Å²) in [5.41, 5.74) is 0. The van der Waals surface area contributed by atoms with Crippen LogP contribution < -0.4 is 0 Å². The Bertz CT molecular complexity index is 265. The summed E-state index contributed by atoms with van der Waals surface area (Å²) in [7, 11) is -4.25. The van der Waals surface area contributed by atoms with E-state index in [0.29, 0.717) is 19.3 Å². The van der Waals surface area contributed by atoms with Gasteiger partial charge in [-0.3, -0.25) is 0 Å². The summed E-state index contributed by atoms with van der Waals surface area (Å²) < 4.78 is 81.8. The predicted molar refractivity (Wildman–Crippen MR) is 75.2 cm³/mol. The van der Waals surface area contributed by atoms with Gasteiger partial charge in [0.15, 0.2) is 12.3 Å². The molecule has 0 saturated carbocycles. The lowest BCUT2D eigenvalue weighted by Crippen LogP contribution is -2.60. The van der Waals surface area contributed by atoms with E-state index in [1.54, 1.807) is 20.8 Å². The van der Waals surface area contributed by atoms with Crippen LogP contribution in [0.3, 0.4) is 0 Å². The zero-order valence-electron chi connectivity index (χ0n) is 13.2. The van der Waals surface area contributed by atoms with Crippen LogP contribution in [0.25, 0.3) is 0 Å². The van der Waals surface area contributed by atoms with Gasteiger partial charge >= 0.3 is 8.80 Å². The molecule has 0 radical (unpaired) electrons. The van der Waals surface area contributed by atoms with Gasteiger partial charge in [-0.15, -0.1) is 0 Å². The second-order valence-corrected chi connectivity index (χ2v) is 7.40. The third-order valence-corrected chi connectivity index (χ3v) is 5.50. The molecule has 22 heavy (non-hydrogen) atoms. The molecule has 0 N–H and O–H groups in total. The molecule has 3 unspecified atom stereocenters. The lowest BCUT2D eigenvalue weighted by atomic mass is 10.3. The first kappa shape index (κ1) is 21.7. The predicted octanol–water partition coefficient (Wildman–Crippen LogP) is 4.02. The van der Waals surface area contributed by atoms with Crippen molar-refractivity contribution in [1.82, 2.24) is 0 Å². The van der Waals surface area contributed by atoms with Crippen molar-refractivity contribution in [2.24, 2.45) is 0 Å². The Morgan fingerprint density at radius 1 is 0.682 bits per heavy atom. The Labute approximate surface area is 129 Å². The Morgan fingerprint density at radius 2 is 1.05 bits per heavy atom. The maximum atomic E-state index is 14.4. The molecular formula is C13H25F5O3Si. The van der Waals surface area contributed by atoms with Gasteiger partial charge in [-0.05, 0) is 19.3 Å². The van der Waals surface area contributed by atoms with Gasteiger partial charge in [0.05, 0.1) is 0 Å². The lowest BCUT2D eigenvalue weighted by molar-refractivity contribution is -0.0381. The molecule has 9 heteroatoms. The summed E-state index contributed by atoms with van der Waals surface area (Å²) in [4.78, 5) is 0. The minimum Gasteiger partial charge on any atom is -0.372 e. The maximum Gasteiger partial charge on any atom is 0.540 e. The van der Waals surface area contributed by atoms with Crippen molar-refractivity contribution >= 4 is 8.80 Å². The highest BCUT2D eigenvalue weighted by Crippen LogP contribution is 2.28.